The molecule has 5 nitrogen and oxygen atoms in total. The summed E-state index contributed by atoms with van der Waals surface area (Å²) in [7, 11) is 0. The second kappa shape index (κ2) is 6.52. The Morgan fingerprint density at radius 3 is 2.87 bits per heavy atom. The van der Waals surface area contributed by atoms with Crippen LogP contribution in [0.3, 0.4) is 0 Å². The number of hydrogen-bond donors (Lipinski definition) is 2. The summed E-state index contributed by atoms with van der Waals surface area (Å²) >= 11 is 0. The molecule has 0 aliphatic carbocycles. The number of aryl methyl sites for hydroxylation is 1. The second-order valence-corrected chi connectivity index (χ2v) is 5.55. The maximum atomic E-state index is 12.0. The highest BCUT2D eigenvalue weighted by molar-refractivity contribution is 5.79. The molecular weight excluding hydrogens is 292 g/mol. The minimum absolute atomic E-state index is 0.0112. The first-order valence-corrected chi connectivity index (χ1v) is 7.55. The van der Waals surface area contributed by atoms with Gasteiger partial charge >= 0.3 is 5.76 Å². The van der Waals surface area contributed by atoms with Gasteiger partial charge in [0.15, 0.2) is 5.58 Å². The lowest BCUT2D eigenvalue weighted by Crippen LogP contribution is -2.27. The van der Waals surface area contributed by atoms with Gasteiger partial charge in [0.1, 0.15) is 0 Å². The number of amides is 1. The molecule has 0 saturated heterocycles. The largest absolute Gasteiger partial charge is 0.417 e. The first kappa shape index (κ1) is 15.1. The van der Waals surface area contributed by atoms with Gasteiger partial charge in [-0.1, -0.05) is 30.3 Å². The van der Waals surface area contributed by atoms with Gasteiger partial charge < -0.3 is 9.73 Å². The number of fused-ring (bicyclic) bond motifs is 1. The molecule has 0 unspecified atom stereocenters. The van der Waals surface area contributed by atoms with E-state index in [-0.39, 0.29) is 5.91 Å². The van der Waals surface area contributed by atoms with Gasteiger partial charge in [-0.2, -0.15) is 0 Å². The molecule has 2 aromatic carbocycles. The van der Waals surface area contributed by atoms with E-state index in [1.807, 2.05) is 43.3 Å². The highest BCUT2D eigenvalue weighted by Crippen LogP contribution is 2.12. The lowest BCUT2D eigenvalue weighted by atomic mass is 10.1. The van der Waals surface area contributed by atoms with Crippen molar-refractivity contribution >= 4 is 17.0 Å². The van der Waals surface area contributed by atoms with Crippen LogP contribution < -0.4 is 11.1 Å². The summed E-state index contributed by atoms with van der Waals surface area (Å²) in [6, 6.07) is 13.4. The summed E-state index contributed by atoms with van der Waals surface area (Å²) in [6.45, 7) is 2.56. The van der Waals surface area contributed by atoms with E-state index in [0.29, 0.717) is 30.5 Å². The van der Waals surface area contributed by atoms with Gasteiger partial charge in [-0.15, -0.1) is 0 Å². The zero-order valence-corrected chi connectivity index (χ0v) is 12.9. The van der Waals surface area contributed by atoms with Gasteiger partial charge in [0.05, 0.1) is 11.9 Å². The molecule has 5 heteroatoms. The first-order chi connectivity index (χ1) is 11.1. The van der Waals surface area contributed by atoms with Crippen LogP contribution in [0.15, 0.2) is 51.7 Å². The topological polar surface area (TPSA) is 75.1 Å². The van der Waals surface area contributed by atoms with Crippen LogP contribution in [-0.2, 0) is 17.6 Å². The maximum Gasteiger partial charge on any atom is 0.417 e. The SMILES string of the molecule is Cc1ccccc1CC(=O)NCCc1ccc2oc(=O)[nH]c2c1. The summed E-state index contributed by atoms with van der Waals surface area (Å²) in [5.41, 5.74) is 4.42. The molecule has 0 aliphatic rings. The Balaban J connectivity index is 1.54. The highest BCUT2D eigenvalue weighted by Gasteiger charge is 2.06. The van der Waals surface area contributed by atoms with E-state index >= 15 is 0 Å². The first-order valence-electron chi connectivity index (χ1n) is 7.55. The number of H-pyrrole nitrogens is 1. The molecule has 2 N–H and O–H groups in total. The van der Waals surface area contributed by atoms with Crippen molar-refractivity contribution in [3.63, 3.8) is 0 Å². The molecular formula is C18H18N2O3. The van der Waals surface area contributed by atoms with Crippen molar-refractivity contribution in [3.8, 4) is 0 Å². The molecule has 0 atom stereocenters. The van der Waals surface area contributed by atoms with Crippen molar-refractivity contribution in [2.75, 3.05) is 6.54 Å². The fraction of sp³-hybridized carbons (Fsp3) is 0.222. The van der Waals surface area contributed by atoms with Gasteiger partial charge in [0.25, 0.3) is 0 Å². The molecule has 0 fully saturated rings. The van der Waals surface area contributed by atoms with E-state index in [4.69, 9.17) is 4.42 Å². The van der Waals surface area contributed by atoms with Crippen LogP contribution in [0.25, 0.3) is 11.1 Å². The zero-order valence-electron chi connectivity index (χ0n) is 12.9. The van der Waals surface area contributed by atoms with Crippen molar-refractivity contribution in [1.29, 1.82) is 0 Å². The van der Waals surface area contributed by atoms with Gasteiger partial charge in [-0.05, 0) is 42.2 Å². The normalized spacial score (nSPS) is 10.8. The molecule has 0 radical (unpaired) electrons. The minimum atomic E-state index is -0.455. The van der Waals surface area contributed by atoms with E-state index in [0.717, 1.165) is 16.7 Å². The average molecular weight is 310 g/mol. The minimum Gasteiger partial charge on any atom is -0.408 e. The monoisotopic (exact) mass is 310 g/mol. The molecule has 118 valence electrons. The molecule has 3 aromatic rings. The zero-order chi connectivity index (χ0) is 16.2. The highest BCUT2D eigenvalue weighted by atomic mass is 16.4. The molecule has 3 rings (SSSR count). The quantitative estimate of drug-likeness (QED) is 0.759. The van der Waals surface area contributed by atoms with Crippen molar-refractivity contribution in [2.45, 2.75) is 19.8 Å². The number of benzene rings is 2. The predicted molar refractivity (Wildman–Crippen MR) is 88.4 cm³/mol. The van der Waals surface area contributed by atoms with E-state index < -0.39 is 5.76 Å². The lowest BCUT2D eigenvalue weighted by molar-refractivity contribution is -0.120. The van der Waals surface area contributed by atoms with E-state index in [2.05, 4.69) is 10.3 Å². The molecule has 1 aromatic heterocycles. The Labute approximate surface area is 133 Å². The van der Waals surface area contributed by atoms with Crippen LogP contribution in [0.4, 0.5) is 0 Å². The summed E-state index contributed by atoms with van der Waals surface area (Å²) in [5.74, 6) is -0.444. The number of hydrogen-bond acceptors (Lipinski definition) is 3. The summed E-state index contributed by atoms with van der Waals surface area (Å²) in [6.07, 6.45) is 1.09. The molecule has 23 heavy (non-hydrogen) atoms. The molecule has 0 saturated carbocycles. The number of aromatic amines is 1. The third-order valence-corrected chi connectivity index (χ3v) is 3.83. The van der Waals surface area contributed by atoms with Crippen molar-refractivity contribution in [1.82, 2.24) is 10.3 Å². The standard InChI is InChI=1S/C18H18N2O3/c1-12-4-2-3-5-14(12)11-17(21)19-9-8-13-6-7-16-15(10-13)20-18(22)23-16/h2-7,10H,8-9,11H2,1H3,(H,19,21)(H,20,22). The molecule has 0 bridgehead atoms. The Hall–Kier alpha value is -2.82. The number of rotatable bonds is 5. The van der Waals surface area contributed by atoms with Crippen molar-refractivity contribution in [3.05, 3.63) is 69.7 Å². The van der Waals surface area contributed by atoms with Crippen LogP contribution in [0.2, 0.25) is 0 Å². The predicted octanol–water partition coefficient (Wildman–Crippen LogP) is 2.33. The number of oxazole rings is 1. The fourth-order valence-corrected chi connectivity index (χ4v) is 2.54. The Morgan fingerprint density at radius 2 is 2.04 bits per heavy atom. The lowest BCUT2D eigenvalue weighted by Gasteiger charge is -2.07. The van der Waals surface area contributed by atoms with Crippen LogP contribution in [-0.4, -0.2) is 17.4 Å². The molecule has 0 aliphatic heterocycles. The number of carbonyl (C=O) groups excluding carboxylic acids is 1. The third-order valence-electron chi connectivity index (χ3n) is 3.83. The Morgan fingerprint density at radius 1 is 1.22 bits per heavy atom. The Bertz CT molecular complexity index is 892. The molecule has 1 amide bonds. The van der Waals surface area contributed by atoms with Crippen LogP contribution in [0.1, 0.15) is 16.7 Å². The second-order valence-electron chi connectivity index (χ2n) is 5.55. The van der Waals surface area contributed by atoms with Crippen LogP contribution in [0.5, 0.6) is 0 Å². The van der Waals surface area contributed by atoms with Crippen LogP contribution in [0, 0.1) is 6.92 Å². The van der Waals surface area contributed by atoms with Crippen LogP contribution >= 0.6 is 0 Å². The van der Waals surface area contributed by atoms with E-state index in [1.54, 1.807) is 6.07 Å². The number of nitrogens with one attached hydrogen (secondary N) is 2. The number of carbonyl (C=O) groups is 1. The Kier molecular flexibility index (Phi) is 4.28. The summed E-state index contributed by atoms with van der Waals surface area (Å²) in [4.78, 5) is 25.7. The smallest absolute Gasteiger partial charge is 0.408 e. The van der Waals surface area contributed by atoms with Crippen molar-refractivity contribution in [2.24, 2.45) is 0 Å². The number of aromatic nitrogens is 1. The maximum absolute atomic E-state index is 12.0. The molecule has 1 heterocycles. The van der Waals surface area contributed by atoms with Gasteiger partial charge in [-0.25, -0.2) is 4.79 Å². The fourth-order valence-electron chi connectivity index (χ4n) is 2.54. The van der Waals surface area contributed by atoms with Gasteiger partial charge in [0.2, 0.25) is 5.91 Å². The van der Waals surface area contributed by atoms with Crippen molar-refractivity contribution < 1.29 is 9.21 Å². The third kappa shape index (κ3) is 3.69. The van der Waals surface area contributed by atoms with E-state index in [9.17, 15) is 9.59 Å². The van der Waals surface area contributed by atoms with Gasteiger partial charge in [0, 0.05) is 6.54 Å². The summed E-state index contributed by atoms with van der Waals surface area (Å²) in [5, 5.41) is 2.93. The van der Waals surface area contributed by atoms with E-state index in [1.165, 1.54) is 0 Å². The average Bonchev–Trinajstić information content (AvgIpc) is 2.89. The summed E-state index contributed by atoms with van der Waals surface area (Å²) < 4.78 is 4.96. The molecule has 0 spiro atoms. The van der Waals surface area contributed by atoms with Gasteiger partial charge in [-0.3, -0.25) is 9.78 Å².